The highest BCUT2D eigenvalue weighted by molar-refractivity contribution is 6.30. The molecule has 26 heavy (non-hydrogen) atoms. The van der Waals surface area contributed by atoms with Gasteiger partial charge in [0.2, 0.25) is 0 Å². The third kappa shape index (κ3) is 4.48. The molecule has 2 N–H and O–H groups in total. The number of hydrogen-bond acceptors (Lipinski definition) is 3. The van der Waals surface area contributed by atoms with E-state index in [-0.39, 0.29) is 24.2 Å². The van der Waals surface area contributed by atoms with E-state index in [0.717, 1.165) is 6.42 Å². The van der Waals surface area contributed by atoms with E-state index in [0.29, 0.717) is 48.0 Å². The van der Waals surface area contributed by atoms with E-state index in [9.17, 15) is 9.59 Å². The molecule has 3 rings (SSSR count). The van der Waals surface area contributed by atoms with Crippen LogP contribution in [-0.2, 0) is 0 Å². The molecule has 0 unspecified atom stereocenters. The van der Waals surface area contributed by atoms with Crippen LogP contribution in [0.15, 0.2) is 48.5 Å². The predicted octanol–water partition coefficient (Wildman–Crippen LogP) is 3.33. The molecule has 0 atom stereocenters. The van der Waals surface area contributed by atoms with Gasteiger partial charge in [0, 0.05) is 42.5 Å². The van der Waals surface area contributed by atoms with Crippen molar-refractivity contribution < 1.29 is 9.59 Å². The van der Waals surface area contributed by atoms with Crippen molar-refractivity contribution in [1.82, 2.24) is 9.80 Å². The predicted molar refractivity (Wildman–Crippen MR) is 106 cm³/mol. The van der Waals surface area contributed by atoms with E-state index >= 15 is 0 Å². The molecule has 1 saturated heterocycles. The van der Waals surface area contributed by atoms with Crippen LogP contribution in [0.1, 0.15) is 27.1 Å². The maximum Gasteiger partial charge on any atom is 0.256 e. The average molecular weight is 394 g/mol. The Labute approximate surface area is 164 Å². The molecule has 0 radical (unpaired) electrons. The summed E-state index contributed by atoms with van der Waals surface area (Å²) in [5.74, 6) is -0.147. The summed E-state index contributed by atoms with van der Waals surface area (Å²) in [7, 11) is 0. The van der Waals surface area contributed by atoms with Crippen molar-refractivity contribution in [2.75, 3.05) is 31.9 Å². The van der Waals surface area contributed by atoms with Gasteiger partial charge in [-0.3, -0.25) is 9.59 Å². The number of nitrogen functional groups attached to an aromatic ring is 1. The van der Waals surface area contributed by atoms with E-state index in [4.69, 9.17) is 17.3 Å². The maximum atomic E-state index is 12.7. The van der Waals surface area contributed by atoms with Crippen molar-refractivity contribution in [3.8, 4) is 0 Å². The maximum absolute atomic E-state index is 12.7. The lowest BCUT2D eigenvalue weighted by Crippen LogP contribution is -2.37. The molecule has 0 aliphatic carbocycles. The molecule has 0 aromatic heterocycles. The van der Waals surface area contributed by atoms with E-state index in [1.165, 1.54) is 0 Å². The van der Waals surface area contributed by atoms with Crippen LogP contribution in [0.3, 0.4) is 0 Å². The normalized spacial score (nSPS) is 14.3. The van der Waals surface area contributed by atoms with Crippen LogP contribution in [-0.4, -0.2) is 47.8 Å². The molecule has 7 heteroatoms. The first-order chi connectivity index (χ1) is 12.1. The second-order valence-electron chi connectivity index (χ2n) is 6.04. The monoisotopic (exact) mass is 393 g/mol. The van der Waals surface area contributed by atoms with E-state index in [1.54, 1.807) is 58.3 Å². The summed E-state index contributed by atoms with van der Waals surface area (Å²) in [6, 6.07) is 14.0. The van der Waals surface area contributed by atoms with Crippen molar-refractivity contribution in [2.45, 2.75) is 6.42 Å². The molecule has 2 aromatic carbocycles. The van der Waals surface area contributed by atoms with Crippen LogP contribution in [0.4, 0.5) is 5.69 Å². The molecule has 1 aliphatic heterocycles. The van der Waals surface area contributed by atoms with Crippen LogP contribution in [0, 0.1) is 0 Å². The van der Waals surface area contributed by atoms with Crippen molar-refractivity contribution >= 4 is 41.5 Å². The van der Waals surface area contributed by atoms with Gasteiger partial charge >= 0.3 is 0 Å². The lowest BCUT2D eigenvalue weighted by atomic mass is 10.1. The number of carbonyl (C=O) groups excluding carboxylic acids is 2. The Morgan fingerprint density at radius 3 is 2.19 bits per heavy atom. The number of hydrogen-bond donors (Lipinski definition) is 1. The highest BCUT2D eigenvalue weighted by Crippen LogP contribution is 2.17. The summed E-state index contributed by atoms with van der Waals surface area (Å²) < 4.78 is 0. The number of anilines is 1. The first kappa shape index (κ1) is 20.1. The first-order valence-corrected chi connectivity index (χ1v) is 8.62. The Morgan fingerprint density at radius 2 is 1.54 bits per heavy atom. The summed E-state index contributed by atoms with van der Waals surface area (Å²) in [6.07, 6.45) is 0.727. The van der Waals surface area contributed by atoms with Gasteiger partial charge in [0.15, 0.2) is 0 Å². The minimum Gasteiger partial charge on any atom is -0.398 e. The first-order valence-electron chi connectivity index (χ1n) is 8.25. The van der Waals surface area contributed by atoms with Gasteiger partial charge in [0.05, 0.1) is 5.56 Å². The molecule has 1 heterocycles. The number of nitrogens with zero attached hydrogens (tertiary/aromatic N) is 2. The molecular formula is C19H21Cl2N3O2. The van der Waals surface area contributed by atoms with Gasteiger partial charge in [-0.05, 0) is 36.8 Å². The minimum absolute atomic E-state index is 0. The van der Waals surface area contributed by atoms with E-state index in [1.807, 2.05) is 0 Å². The molecule has 5 nitrogen and oxygen atoms in total. The highest BCUT2D eigenvalue weighted by atomic mass is 35.5. The third-order valence-electron chi connectivity index (χ3n) is 4.33. The molecule has 2 amide bonds. The van der Waals surface area contributed by atoms with Gasteiger partial charge in [0.1, 0.15) is 0 Å². The number of rotatable bonds is 2. The van der Waals surface area contributed by atoms with Gasteiger partial charge in [-0.15, -0.1) is 12.4 Å². The molecule has 0 spiro atoms. The zero-order valence-corrected chi connectivity index (χ0v) is 15.8. The van der Waals surface area contributed by atoms with Gasteiger partial charge in [-0.25, -0.2) is 0 Å². The number of nitrogens with two attached hydrogens (primary N) is 1. The Hall–Kier alpha value is -2.24. The number of benzene rings is 2. The fraction of sp³-hybridized carbons (Fsp3) is 0.263. The summed E-state index contributed by atoms with van der Waals surface area (Å²) in [6.45, 7) is 2.19. The fourth-order valence-electron chi connectivity index (χ4n) is 2.99. The van der Waals surface area contributed by atoms with Gasteiger partial charge in [0.25, 0.3) is 11.8 Å². The SMILES string of the molecule is Cl.Nc1ccccc1C(=O)N1CCCN(C(=O)c2cccc(Cl)c2)CC1. The van der Waals surface area contributed by atoms with E-state index < -0.39 is 0 Å². The summed E-state index contributed by atoms with van der Waals surface area (Å²) in [5, 5.41) is 0.539. The summed E-state index contributed by atoms with van der Waals surface area (Å²) >= 11 is 5.97. The van der Waals surface area contributed by atoms with Gasteiger partial charge in [-0.1, -0.05) is 29.8 Å². The number of amides is 2. The topological polar surface area (TPSA) is 66.6 Å². The molecule has 1 aliphatic rings. The van der Waals surface area contributed by atoms with E-state index in [2.05, 4.69) is 0 Å². The Morgan fingerprint density at radius 1 is 0.885 bits per heavy atom. The van der Waals surface area contributed by atoms with Gasteiger partial charge in [-0.2, -0.15) is 0 Å². The van der Waals surface area contributed by atoms with Crippen LogP contribution >= 0.6 is 24.0 Å². The fourth-order valence-corrected chi connectivity index (χ4v) is 3.18. The quantitative estimate of drug-likeness (QED) is 0.795. The standard InChI is InChI=1S/C19H20ClN3O2.ClH/c20-15-6-3-5-14(13-15)18(24)22-9-4-10-23(12-11-22)19(25)16-7-1-2-8-17(16)21;/h1-3,5-8,13H,4,9-12,21H2;1H. The summed E-state index contributed by atoms with van der Waals surface area (Å²) in [4.78, 5) is 28.9. The Kier molecular flexibility index (Phi) is 6.89. The molecule has 138 valence electrons. The molecule has 1 fully saturated rings. The van der Waals surface area contributed by atoms with Crippen LogP contribution in [0.2, 0.25) is 5.02 Å². The largest absolute Gasteiger partial charge is 0.398 e. The number of para-hydroxylation sites is 1. The minimum atomic E-state index is -0.0878. The second-order valence-corrected chi connectivity index (χ2v) is 6.47. The average Bonchev–Trinajstić information content (AvgIpc) is 2.87. The van der Waals surface area contributed by atoms with Crippen LogP contribution in [0.25, 0.3) is 0 Å². The molecule has 0 bridgehead atoms. The number of halogens is 2. The second kappa shape index (κ2) is 8.92. The lowest BCUT2D eigenvalue weighted by Gasteiger charge is -2.23. The van der Waals surface area contributed by atoms with Crippen molar-refractivity contribution in [3.05, 3.63) is 64.7 Å². The van der Waals surface area contributed by atoms with Crippen LogP contribution < -0.4 is 5.73 Å². The molecule has 0 saturated carbocycles. The zero-order chi connectivity index (χ0) is 17.8. The Bertz CT molecular complexity index is 798. The molecule has 2 aromatic rings. The van der Waals surface area contributed by atoms with Gasteiger partial charge < -0.3 is 15.5 Å². The van der Waals surface area contributed by atoms with Crippen molar-refractivity contribution in [1.29, 1.82) is 0 Å². The molecular weight excluding hydrogens is 373 g/mol. The Balaban J connectivity index is 0.00000243. The smallest absolute Gasteiger partial charge is 0.256 e. The zero-order valence-electron chi connectivity index (χ0n) is 14.2. The highest BCUT2D eigenvalue weighted by Gasteiger charge is 2.24. The third-order valence-corrected chi connectivity index (χ3v) is 4.57. The van der Waals surface area contributed by atoms with Crippen molar-refractivity contribution in [2.24, 2.45) is 0 Å². The number of carbonyl (C=O) groups is 2. The summed E-state index contributed by atoms with van der Waals surface area (Å²) in [5.41, 5.74) is 7.46. The van der Waals surface area contributed by atoms with Crippen molar-refractivity contribution in [3.63, 3.8) is 0 Å². The lowest BCUT2D eigenvalue weighted by molar-refractivity contribution is 0.0719. The van der Waals surface area contributed by atoms with Crippen LogP contribution in [0.5, 0.6) is 0 Å².